The SMILES string of the molecule is O=C(O)CCc1nc2ccccc2n1Cc1ccc(NC(=O)c2ccccc2C(=O)O)cc1. The van der Waals surface area contributed by atoms with Gasteiger partial charge in [0.1, 0.15) is 5.82 Å². The number of rotatable bonds is 8. The molecule has 3 N–H and O–H groups in total. The minimum atomic E-state index is -1.16. The molecule has 0 saturated carbocycles. The first-order valence-corrected chi connectivity index (χ1v) is 10.3. The summed E-state index contributed by atoms with van der Waals surface area (Å²) in [6.45, 7) is 0.492. The van der Waals surface area contributed by atoms with Crippen LogP contribution in [0.25, 0.3) is 11.0 Å². The second-order valence-corrected chi connectivity index (χ2v) is 7.50. The number of hydrogen-bond donors (Lipinski definition) is 3. The molecule has 1 aromatic heterocycles. The van der Waals surface area contributed by atoms with Gasteiger partial charge < -0.3 is 20.1 Å². The van der Waals surface area contributed by atoms with Crippen LogP contribution < -0.4 is 5.32 Å². The maximum Gasteiger partial charge on any atom is 0.336 e. The molecule has 1 heterocycles. The van der Waals surface area contributed by atoms with Crippen LogP contribution in [0.5, 0.6) is 0 Å². The molecule has 8 nitrogen and oxygen atoms in total. The van der Waals surface area contributed by atoms with E-state index in [4.69, 9.17) is 5.11 Å². The molecule has 0 radical (unpaired) electrons. The number of para-hydroxylation sites is 2. The van der Waals surface area contributed by atoms with Crippen molar-refractivity contribution in [3.05, 3.63) is 95.3 Å². The summed E-state index contributed by atoms with van der Waals surface area (Å²) in [7, 11) is 0. The monoisotopic (exact) mass is 443 g/mol. The van der Waals surface area contributed by atoms with Crippen LogP contribution in [0, 0.1) is 0 Å². The van der Waals surface area contributed by atoms with Crippen LogP contribution in [0.15, 0.2) is 72.8 Å². The van der Waals surface area contributed by atoms with E-state index in [0.29, 0.717) is 24.5 Å². The molecule has 8 heteroatoms. The Balaban J connectivity index is 1.53. The average molecular weight is 443 g/mol. The van der Waals surface area contributed by atoms with Gasteiger partial charge in [-0.2, -0.15) is 0 Å². The molecular weight excluding hydrogens is 422 g/mol. The standard InChI is InChI=1S/C25H21N3O5/c29-23(30)14-13-22-27-20-7-3-4-8-21(20)28(22)15-16-9-11-17(12-10-16)26-24(31)18-5-1-2-6-19(18)25(32)33/h1-12H,13-15H2,(H,26,31)(H,29,30)(H,32,33). The van der Waals surface area contributed by atoms with E-state index >= 15 is 0 Å². The van der Waals surface area contributed by atoms with Crippen molar-refractivity contribution in [1.82, 2.24) is 9.55 Å². The third-order valence-corrected chi connectivity index (χ3v) is 5.25. The molecule has 0 unspecified atom stereocenters. The lowest BCUT2D eigenvalue weighted by atomic mass is 10.1. The maximum atomic E-state index is 12.6. The van der Waals surface area contributed by atoms with E-state index in [-0.39, 0.29) is 17.5 Å². The molecule has 0 fully saturated rings. The summed E-state index contributed by atoms with van der Waals surface area (Å²) in [6.07, 6.45) is 0.313. The fourth-order valence-corrected chi connectivity index (χ4v) is 3.65. The molecule has 4 aromatic rings. The summed E-state index contributed by atoms with van der Waals surface area (Å²) in [4.78, 5) is 39.6. The molecule has 0 spiro atoms. The summed E-state index contributed by atoms with van der Waals surface area (Å²) in [5.41, 5.74) is 3.22. The number of imidazole rings is 1. The molecular formula is C25H21N3O5. The highest BCUT2D eigenvalue weighted by Gasteiger charge is 2.16. The minimum Gasteiger partial charge on any atom is -0.481 e. The summed E-state index contributed by atoms with van der Waals surface area (Å²) in [5.74, 6) is -1.85. The molecule has 4 rings (SSSR count). The van der Waals surface area contributed by atoms with E-state index in [1.54, 1.807) is 24.3 Å². The summed E-state index contributed by atoms with van der Waals surface area (Å²) in [5, 5.41) is 21.1. The van der Waals surface area contributed by atoms with Crippen molar-refractivity contribution < 1.29 is 24.6 Å². The van der Waals surface area contributed by atoms with Gasteiger partial charge in [0.25, 0.3) is 5.91 Å². The number of aliphatic carboxylic acids is 1. The van der Waals surface area contributed by atoms with Crippen molar-refractivity contribution in [2.24, 2.45) is 0 Å². The van der Waals surface area contributed by atoms with Gasteiger partial charge in [0, 0.05) is 18.7 Å². The van der Waals surface area contributed by atoms with Crippen LogP contribution in [0.3, 0.4) is 0 Å². The second kappa shape index (κ2) is 9.35. The van der Waals surface area contributed by atoms with Crippen molar-refractivity contribution >= 4 is 34.6 Å². The highest BCUT2D eigenvalue weighted by molar-refractivity contribution is 6.10. The topological polar surface area (TPSA) is 122 Å². The number of aryl methyl sites for hydroxylation is 1. The number of nitrogens with zero attached hydrogens (tertiary/aromatic N) is 2. The molecule has 33 heavy (non-hydrogen) atoms. The molecule has 0 bridgehead atoms. The number of fused-ring (bicyclic) bond motifs is 1. The van der Waals surface area contributed by atoms with Gasteiger partial charge >= 0.3 is 11.9 Å². The number of carboxylic acid groups (broad SMARTS) is 2. The fraction of sp³-hybridized carbons (Fsp3) is 0.120. The summed E-state index contributed by atoms with van der Waals surface area (Å²) >= 11 is 0. The number of amides is 1. The minimum absolute atomic E-state index is 0.00783. The Morgan fingerprint density at radius 3 is 2.21 bits per heavy atom. The van der Waals surface area contributed by atoms with Crippen molar-refractivity contribution in [3.8, 4) is 0 Å². The van der Waals surface area contributed by atoms with Crippen LogP contribution in [0.1, 0.15) is 38.5 Å². The number of aromatic nitrogens is 2. The largest absolute Gasteiger partial charge is 0.481 e. The Morgan fingerprint density at radius 1 is 0.848 bits per heavy atom. The first kappa shape index (κ1) is 21.8. The molecule has 0 aliphatic rings. The highest BCUT2D eigenvalue weighted by atomic mass is 16.4. The zero-order chi connectivity index (χ0) is 23.4. The number of aromatic carboxylic acids is 1. The van der Waals surface area contributed by atoms with E-state index in [0.717, 1.165) is 16.6 Å². The predicted octanol–water partition coefficient (Wildman–Crippen LogP) is 4.05. The predicted molar refractivity (Wildman–Crippen MR) is 123 cm³/mol. The third kappa shape index (κ3) is 4.90. The Bertz CT molecular complexity index is 1340. The molecule has 0 aliphatic carbocycles. The number of benzene rings is 3. The lowest BCUT2D eigenvalue weighted by Gasteiger charge is -2.11. The Hall–Kier alpha value is -4.46. The average Bonchev–Trinajstić information content (AvgIpc) is 3.16. The zero-order valence-corrected chi connectivity index (χ0v) is 17.6. The normalized spacial score (nSPS) is 10.8. The molecule has 0 saturated heterocycles. The van der Waals surface area contributed by atoms with Gasteiger partial charge in [0.15, 0.2) is 0 Å². The number of carbonyl (C=O) groups excluding carboxylic acids is 1. The summed E-state index contributed by atoms with van der Waals surface area (Å²) in [6, 6.07) is 20.9. The molecule has 1 amide bonds. The summed E-state index contributed by atoms with van der Waals surface area (Å²) < 4.78 is 2.00. The van der Waals surface area contributed by atoms with Gasteiger partial charge in [0.2, 0.25) is 0 Å². The molecule has 3 aromatic carbocycles. The zero-order valence-electron chi connectivity index (χ0n) is 17.6. The Kier molecular flexibility index (Phi) is 6.17. The highest BCUT2D eigenvalue weighted by Crippen LogP contribution is 2.20. The Morgan fingerprint density at radius 2 is 1.52 bits per heavy atom. The van der Waals surface area contributed by atoms with Crippen molar-refractivity contribution in [3.63, 3.8) is 0 Å². The smallest absolute Gasteiger partial charge is 0.336 e. The second-order valence-electron chi connectivity index (χ2n) is 7.50. The third-order valence-electron chi connectivity index (χ3n) is 5.25. The van der Waals surface area contributed by atoms with Crippen LogP contribution in [-0.4, -0.2) is 37.6 Å². The van der Waals surface area contributed by atoms with Gasteiger partial charge in [0.05, 0.1) is 28.6 Å². The van der Waals surface area contributed by atoms with Gasteiger partial charge in [-0.25, -0.2) is 9.78 Å². The number of carbonyl (C=O) groups is 3. The lowest BCUT2D eigenvalue weighted by Crippen LogP contribution is -2.16. The molecule has 166 valence electrons. The van der Waals surface area contributed by atoms with Crippen LogP contribution in [0.4, 0.5) is 5.69 Å². The lowest BCUT2D eigenvalue weighted by molar-refractivity contribution is -0.137. The van der Waals surface area contributed by atoms with Crippen LogP contribution in [0.2, 0.25) is 0 Å². The van der Waals surface area contributed by atoms with E-state index in [1.165, 1.54) is 12.1 Å². The van der Waals surface area contributed by atoms with Crippen LogP contribution in [-0.2, 0) is 17.8 Å². The number of carboxylic acids is 2. The van der Waals surface area contributed by atoms with Crippen molar-refractivity contribution in [2.45, 2.75) is 19.4 Å². The van der Waals surface area contributed by atoms with Gasteiger partial charge in [-0.3, -0.25) is 9.59 Å². The van der Waals surface area contributed by atoms with E-state index in [2.05, 4.69) is 10.3 Å². The van der Waals surface area contributed by atoms with Crippen molar-refractivity contribution in [2.75, 3.05) is 5.32 Å². The van der Waals surface area contributed by atoms with Crippen LogP contribution >= 0.6 is 0 Å². The van der Waals surface area contributed by atoms with Gasteiger partial charge in [-0.15, -0.1) is 0 Å². The van der Waals surface area contributed by atoms with E-state index in [9.17, 15) is 19.5 Å². The number of hydrogen-bond acceptors (Lipinski definition) is 4. The van der Waals surface area contributed by atoms with Gasteiger partial charge in [-0.1, -0.05) is 36.4 Å². The van der Waals surface area contributed by atoms with E-state index in [1.807, 2.05) is 41.0 Å². The van der Waals surface area contributed by atoms with Crippen molar-refractivity contribution in [1.29, 1.82) is 0 Å². The first-order valence-electron chi connectivity index (χ1n) is 10.3. The number of nitrogens with one attached hydrogen (secondary N) is 1. The first-order chi connectivity index (χ1) is 15.9. The molecule has 0 atom stereocenters. The fourth-order valence-electron chi connectivity index (χ4n) is 3.65. The quantitative estimate of drug-likeness (QED) is 0.378. The van der Waals surface area contributed by atoms with Gasteiger partial charge in [-0.05, 0) is 42.0 Å². The maximum absolute atomic E-state index is 12.6. The number of anilines is 1. The molecule has 0 aliphatic heterocycles. The Labute approximate surface area is 189 Å². The van der Waals surface area contributed by atoms with E-state index < -0.39 is 17.8 Å².